The normalized spacial score (nSPS) is 11.3. The maximum absolute atomic E-state index is 5.58. The van der Waals surface area contributed by atoms with E-state index in [2.05, 4.69) is 18.2 Å². The SMILES string of the molecule is COc1cccc2cc3cccc(OC)c3c(C(OC)OC)c12. The molecule has 0 atom stereocenters. The van der Waals surface area contributed by atoms with Gasteiger partial charge in [0.25, 0.3) is 0 Å². The molecule has 0 aliphatic rings. The molecule has 0 spiro atoms. The molecule has 0 saturated heterocycles. The largest absolute Gasteiger partial charge is 0.496 e. The Morgan fingerprint density at radius 2 is 1.17 bits per heavy atom. The molecule has 0 unspecified atom stereocenters. The van der Waals surface area contributed by atoms with E-state index in [0.29, 0.717) is 0 Å². The summed E-state index contributed by atoms with van der Waals surface area (Å²) in [7, 11) is 6.59. The zero-order valence-electron chi connectivity index (χ0n) is 13.8. The van der Waals surface area contributed by atoms with E-state index in [0.717, 1.165) is 38.6 Å². The Morgan fingerprint density at radius 3 is 1.57 bits per heavy atom. The van der Waals surface area contributed by atoms with E-state index in [1.54, 1.807) is 28.4 Å². The Hall–Kier alpha value is -2.30. The van der Waals surface area contributed by atoms with Gasteiger partial charge in [0, 0.05) is 30.6 Å². The van der Waals surface area contributed by atoms with Gasteiger partial charge in [0.1, 0.15) is 11.5 Å². The Bertz CT molecular complexity index is 776. The zero-order chi connectivity index (χ0) is 16.4. The van der Waals surface area contributed by atoms with E-state index in [-0.39, 0.29) is 0 Å². The number of fused-ring (bicyclic) bond motifs is 2. The fourth-order valence-corrected chi connectivity index (χ4v) is 3.11. The Kier molecular flexibility index (Phi) is 4.37. The van der Waals surface area contributed by atoms with Crippen LogP contribution >= 0.6 is 0 Å². The standard InChI is InChI=1S/C19H20O4/c1-20-14-9-5-7-12-11-13-8-6-10-15(21-2)17(13)18(16(12)14)19(22-3)23-4/h5-11,19H,1-4H3. The lowest BCUT2D eigenvalue weighted by Crippen LogP contribution is -2.07. The van der Waals surface area contributed by atoms with Crippen LogP contribution in [0.3, 0.4) is 0 Å². The third-order valence-corrected chi connectivity index (χ3v) is 4.07. The second-order valence-corrected chi connectivity index (χ2v) is 5.21. The van der Waals surface area contributed by atoms with Crippen molar-refractivity contribution in [3.05, 3.63) is 48.0 Å². The summed E-state index contributed by atoms with van der Waals surface area (Å²) in [6, 6.07) is 14.1. The van der Waals surface area contributed by atoms with Crippen LogP contribution in [0.2, 0.25) is 0 Å². The lowest BCUT2D eigenvalue weighted by molar-refractivity contribution is -0.104. The van der Waals surface area contributed by atoms with Crippen LogP contribution in [0.4, 0.5) is 0 Å². The highest BCUT2D eigenvalue weighted by Gasteiger charge is 2.22. The first-order valence-electron chi connectivity index (χ1n) is 7.37. The lowest BCUT2D eigenvalue weighted by Gasteiger charge is -2.21. The van der Waals surface area contributed by atoms with Crippen LogP contribution < -0.4 is 9.47 Å². The van der Waals surface area contributed by atoms with Gasteiger partial charge in [-0.3, -0.25) is 0 Å². The molecule has 3 aromatic carbocycles. The van der Waals surface area contributed by atoms with Gasteiger partial charge >= 0.3 is 0 Å². The summed E-state index contributed by atoms with van der Waals surface area (Å²) in [6.45, 7) is 0. The van der Waals surface area contributed by atoms with Crippen LogP contribution in [0.25, 0.3) is 21.5 Å². The van der Waals surface area contributed by atoms with Gasteiger partial charge in [-0.15, -0.1) is 0 Å². The highest BCUT2D eigenvalue weighted by molar-refractivity contribution is 6.07. The summed E-state index contributed by atoms with van der Waals surface area (Å²) in [4.78, 5) is 0. The summed E-state index contributed by atoms with van der Waals surface area (Å²) in [5.41, 5.74) is 0.914. The minimum absolute atomic E-state index is 0.520. The summed E-state index contributed by atoms with van der Waals surface area (Å²) < 4.78 is 22.3. The maximum Gasteiger partial charge on any atom is 0.184 e. The minimum Gasteiger partial charge on any atom is -0.496 e. The predicted molar refractivity (Wildman–Crippen MR) is 91.3 cm³/mol. The molecule has 0 aliphatic carbocycles. The second kappa shape index (κ2) is 6.44. The molecule has 120 valence electrons. The molecule has 0 radical (unpaired) electrons. The number of rotatable bonds is 5. The van der Waals surface area contributed by atoms with Crippen LogP contribution in [-0.4, -0.2) is 28.4 Å². The van der Waals surface area contributed by atoms with Gasteiger partial charge in [-0.1, -0.05) is 24.3 Å². The molecule has 0 fully saturated rings. The monoisotopic (exact) mass is 312 g/mol. The summed E-state index contributed by atoms with van der Waals surface area (Å²) in [5.74, 6) is 1.56. The molecule has 0 aromatic heterocycles. The average Bonchev–Trinajstić information content (AvgIpc) is 2.60. The Balaban J connectivity index is 2.55. The first-order chi connectivity index (χ1) is 11.2. The number of hydrogen-bond donors (Lipinski definition) is 0. The van der Waals surface area contributed by atoms with Crippen LogP contribution in [-0.2, 0) is 9.47 Å². The first-order valence-corrected chi connectivity index (χ1v) is 7.37. The third-order valence-electron chi connectivity index (χ3n) is 4.07. The highest BCUT2D eigenvalue weighted by atomic mass is 16.7. The molecular formula is C19H20O4. The van der Waals surface area contributed by atoms with Gasteiger partial charge in [-0.25, -0.2) is 0 Å². The van der Waals surface area contributed by atoms with Crippen molar-refractivity contribution in [3.8, 4) is 11.5 Å². The Morgan fingerprint density at radius 1 is 0.696 bits per heavy atom. The maximum atomic E-state index is 5.58. The minimum atomic E-state index is -0.520. The van der Waals surface area contributed by atoms with Crippen molar-refractivity contribution < 1.29 is 18.9 Å². The fourth-order valence-electron chi connectivity index (χ4n) is 3.11. The Labute approximate surface area is 135 Å². The van der Waals surface area contributed by atoms with E-state index >= 15 is 0 Å². The topological polar surface area (TPSA) is 36.9 Å². The number of methoxy groups -OCH3 is 4. The van der Waals surface area contributed by atoms with Crippen molar-refractivity contribution in [2.45, 2.75) is 6.29 Å². The lowest BCUT2D eigenvalue weighted by atomic mass is 9.95. The van der Waals surface area contributed by atoms with Crippen LogP contribution in [0.1, 0.15) is 11.9 Å². The average molecular weight is 312 g/mol. The third kappa shape index (κ3) is 2.50. The molecular weight excluding hydrogens is 292 g/mol. The van der Waals surface area contributed by atoms with Gasteiger partial charge in [0.05, 0.1) is 14.2 Å². The number of benzene rings is 3. The molecule has 0 N–H and O–H groups in total. The number of hydrogen-bond acceptors (Lipinski definition) is 4. The smallest absolute Gasteiger partial charge is 0.184 e. The summed E-state index contributed by atoms with van der Waals surface area (Å²) in [6.07, 6.45) is -0.520. The van der Waals surface area contributed by atoms with E-state index < -0.39 is 6.29 Å². The van der Waals surface area contributed by atoms with Gasteiger partial charge in [-0.2, -0.15) is 0 Å². The molecule has 4 heteroatoms. The van der Waals surface area contributed by atoms with Gasteiger partial charge in [-0.05, 0) is 29.0 Å². The van der Waals surface area contributed by atoms with E-state index in [1.807, 2.05) is 24.3 Å². The van der Waals surface area contributed by atoms with Crippen LogP contribution in [0.15, 0.2) is 42.5 Å². The molecule has 0 saturated carbocycles. The predicted octanol–water partition coefficient (Wildman–Crippen LogP) is 4.30. The van der Waals surface area contributed by atoms with E-state index in [1.165, 1.54) is 0 Å². The van der Waals surface area contributed by atoms with Crippen molar-refractivity contribution in [1.82, 2.24) is 0 Å². The second-order valence-electron chi connectivity index (χ2n) is 5.21. The highest BCUT2D eigenvalue weighted by Crippen LogP contribution is 2.42. The van der Waals surface area contributed by atoms with Crippen molar-refractivity contribution in [2.75, 3.05) is 28.4 Å². The van der Waals surface area contributed by atoms with Crippen molar-refractivity contribution in [3.63, 3.8) is 0 Å². The summed E-state index contributed by atoms with van der Waals surface area (Å²) in [5, 5.41) is 4.08. The van der Waals surface area contributed by atoms with Crippen molar-refractivity contribution in [2.24, 2.45) is 0 Å². The molecule has 3 rings (SSSR count). The molecule has 3 aromatic rings. The van der Waals surface area contributed by atoms with Crippen molar-refractivity contribution >= 4 is 21.5 Å². The van der Waals surface area contributed by atoms with Gasteiger partial charge in [0.15, 0.2) is 6.29 Å². The first kappa shape index (κ1) is 15.6. The van der Waals surface area contributed by atoms with Crippen LogP contribution in [0, 0.1) is 0 Å². The zero-order valence-corrected chi connectivity index (χ0v) is 13.8. The molecule has 23 heavy (non-hydrogen) atoms. The van der Waals surface area contributed by atoms with Gasteiger partial charge < -0.3 is 18.9 Å². The van der Waals surface area contributed by atoms with Crippen molar-refractivity contribution in [1.29, 1.82) is 0 Å². The number of ether oxygens (including phenoxy) is 4. The molecule has 0 amide bonds. The molecule has 0 aliphatic heterocycles. The molecule has 4 nitrogen and oxygen atoms in total. The molecule has 0 heterocycles. The molecule has 0 bridgehead atoms. The quantitative estimate of drug-likeness (QED) is 0.520. The fraction of sp³-hybridized carbons (Fsp3) is 0.263. The summed E-state index contributed by atoms with van der Waals surface area (Å²) >= 11 is 0. The van der Waals surface area contributed by atoms with Crippen LogP contribution in [0.5, 0.6) is 11.5 Å². The van der Waals surface area contributed by atoms with E-state index in [4.69, 9.17) is 18.9 Å². The van der Waals surface area contributed by atoms with E-state index in [9.17, 15) is 0 Å². The van der Waals surface area contributed by atoms with Gasteiger partial charge in [0.2, 0.25) is 0 Å².